The Morgan fingerprint density at radius 2 is 1.62 bits per heavy atom. The molecule has 0 amide bonds. The predicted molar refractivity (Wildman–Crippen MR) is 138 cm³/mol. The van der Waals surface area contributed by atoms with Crippen LogP contribution in [-0.4, -0.2) is 17.6 Å². The van der Waals surface area contributed by atoms with Gasteiger partial charge < -0.3 is 14.8 Å². The predicted octanol–water partition coefficient (Wildman–Crippen LogP) is 6.82. The zero-order chi connectivity index (χ0) is 24.1. The molecule has 34 heavy (non-hydrogen) atoms. The lowest BCUT2D eigenvalue weighted by molar-refractivity contribution is 0.0697. The van der Waals surface area contributed by atoms with E-state index in [1.54, 1.807) is 18.2 Å². The smallest absolute Gasteiger partial charge is 0.336 e. The van der Waals surface area contributed by atoms with Crippen LogP contribution in [0, 0.1) is 20.8 Å². The van der Waals surface area contributed by atoms with E-state index in [0.29, 0.717) is 16.7 Å². The van der Waals surface area contributed by atoms with Crippen molar-refractivity contribution in [3.63, 3.8) is 0 Å². The number of carboxylic acids is 1. The highest BCUT2D eigenvalue weighted by atomic mass is 16.4. The van der Waals surface area contributed by atoms with Gasteiger partial charge in [-0.15, -0.1) is 0 Å². The molecule has 170 valence electrons. The van der Waals surface area contributed by atoms with E-state index in [9.17, 15) is 14.7 Å². The van der Waals surface area contributed by atoms with Crippen LogP contribution in [0.25, 0.3) is 43.8 Å². The van der Waals surface area contributed by atoms with Gasteiger partial charge in [-0.05, 0) is 91.7 Å². The fourth-order valence-electron chi connectivity index (χ4n) is 4.68. The molecule has 5 rings (SSSR count). The number of aryl methyl sites for hydroxylation is 3. The summed E-state index contributed by atoms with van der Waals surface area (Å²) in [5, 5.41) is 16.7. The first-order chi connectivity index (χ1) is 16.3. The van der Waals surface area contributed by atoms with Crippen molar-refractivity contribution in [2.24, 2.45) is 0 Å². The lowest BCUT2D eigenvalue weighted by Gasteiger charge is -2.18. The van der Waals surface area contributed by atoms with Gasteiger partial charge in [-0.3, -0.25) is 4.79 Å². The molecule has 0 saturated heterocycles. The van der Waals surface area contributed by atoms with Crippen LogP contribution in [-0.2, 0) is 0 Å². The minimum absolute atomic E-state index is 0.0692. The quantitative estimate of drug-likeness (QED) is 0.231. The van der Waals surface area contributed by atoms with Crippen molar-refractivity contribution in [3.05, 3.63) is 87.1 Å². The average molecular weight is 452 g/mol. The lowest BCUT2D eigenvalue weighted by Crippen LogP contribution is -2.03. The lowest BCUT2D eigenvalue weighted by atomic mass is 9.89. The summed E-state index contributed by atoms with van der Waals surface area (Å²) in [6, 6.07) is 16.4. The monoisotopic (exact) mass is 451 g/mol. The molecule has 0 saturated carbocycles. The Morgan fingerprint density at radius 1 is 0.882 bits per heavy atom. The van der Waals surface area contributed by atoms with Gasteiger partial charge in [0, 0.05) is 40.0 Å². The van der Waals surface area contributed by atoms with Gasteiger partial charge in [0.15, 0.2) is 5.43 Å². The maximum absolute atomic E-state index is 12.3. The molecule has 5 nitrogen and oxygen atoms in total. The third-order valence-electron chi connectivity index (χ3n) is 6.52. The summed E-state index contributed by atoms with van der Waals surface area (Å²) in [6.07, 6.45) is 0. The minimum atomic E-state index is -0.974. The van der Waals surface area contributed by atoms with E-state index in [1.165, 1.54) is 6.07 Å². The topological polar surface area (TPSA) is 79.5 Å². The Bertz CT molecular complexity index is 1700. The fourth-order valence-corrected chi connectivity index (χ4v) is 4.68. The van der Waals surface area contributed by atoms with Crippen LogP contribution in [0.5, 0.6) is 0 Å². The number of anilines is 1. The summed E-state index contributed by atoms with van der Waals surface area (Å²) < 4.78 is 6.47. The third kappa shape index (κ3) is 3.41. The molecule has 0 aliphatic heterocycles. The Balaban J connectivity index is 2.03. The maximum Gasteiger partial charge on any atom is 0.336 e. The van der Waals surface area contributed by atoms with Crippen LogP contribution in [0.3, 0.4) is 0 Å². The van der Waals surface area contributed by atoms with Gasteiger partial charge in [-0.1, -0.05) is 12.1 Å². The summed E-state index contributed by atoms with van der Waals surface area (Å²) >= 11 is 0. The Kier molecular flexibility index (Phi) is 5.13. The summed E-state index contributed by atoms with van der Waals surface area (Å²) in [5.41, 5.74) is 6.87. The number of benzene rings is 4. The van der Waals surface area contributed by atoms with Gasteiger partial charge in [-0.25, -0.2) is 4.79 Å². The molecule has 1 heterocycles. The molecule has 0 unspecified atom stereocenters. The first kappa shape index (κ1) is 21.7. The second-order valence-electron chi connectivity index (χ2n) is 8.78. The van der Waals surface area contributed by atoms with Crippen molar-refractivity contribution < 1.29 is 14.3 Å². The average Bonchev–Trinajstić information content (AvgIpc) is 2.79. The molecule has 0 atom stereocenters. The molecule has 0 spiro atoms. The first-order valence-electron chi connectivity index (χ1n) is 11.3. The zero-order valence-electron chi connectivity index (χ0n) is 19.6. The van der Waals surface area contributed by atoms with Gasteiger partial charge in [0.05, 0.1) is 5.56 Å². The van der Waals surface area contributed by atoms with Crippen molar-refractivity contribution in [1.82, 2.24) is 0 Å². The van der Waals surface area contributed by atoms with Crippen LogP contribution in [0.2, 0.25) is 0 Å². The number of carbonyl (C=O) groups is 1. The van der Waals surface area contributed by atoms with E-state index < -0.39 is 5.97 Å². The Morgan fingerprint density at radius 3 is 2.35 bits per heavy atom. The van der Waals surface area contributed by atoms with E-state index in [2.05, 4.69) is 11.4 Å². The number of nitrogens with one attached hydrogen (secondary N) is 1. The molecular weight excluding hydrogens is 426 g/mol. The number of carboxylic acid groups (broad SMARTS) is 1. The Hall–Kier alpha value is -4.12. The molecule has 0 bridgehead atoms. The Labute approximate surface area is 196 Å². The highest BCUT2D eigenvalue weighted by Crippen LogP contribution is 2.42. The van der Waals surface area contributed by atoms with Crippen molar-refractivity contribution >= 4 is 44.4 Å². The fraction of sp³-hybridized carbons (Fsp3) is 0.172. The maximum atomic E-state index is 12.3. The first-order valence-corrected chi connectivity index (χ1v) is 11.3. The molecule has 0 fully saturated rings. The van der Waals surface area contributed by atoms with Crippen LogP contribution in [0.15, 0.2) is 63.8 Å². The molecule has 4 aromatic carbocycles. The summed E-state index contributed by atoms with van der Waals surface area (Å²) in [7, 11) is 0. The van der Waals surface area contributed by atoms with Crippen molar-refractivity contribution in [3.8, 4) is 11.1 Å². The normalized spacial score (nSPS) is 11.4. The SMILES string of the molecule is CCNc1cc2oc3c(ccc4cc(=O)ccc43)c(-c3cc(C)c(C)cc3C(=O)O)c2cc1C. The van der Waals surface area contributed by atoms with Gasteiger partial charge in [0.2, 0.25) is 0 Å². The van der Waals surface area contributed by atoms with E-state index in [1.807, 2.05) is 52.0 Å². The van der Waals surface area contributed by atoms with Gasteiger partial charge in [0.1, 0.15) is 11.2 Å². The molecule has 0 radical (unpaired) electrons. The van der Waals surface area contributed by atoms with Gasteiger partial charge >= 0.3 is 5.97 Å². The largest absolute Gasteiger partial charge is 0.478 e. The number of hydrogen-bond acceptors (Lipinski definition) is 4. The van der Waals surface area contributed by atoms with E-state index in [4.69, 9.17) is 4.42 Å². The zero-order valence-corrected chi connectivity index (χ0v) is 19.6. The van der Waals surface area contributed by atoms with E-state index in [-0.39, 0.29) is 11.0 Å². The molecule has 1 aromatic heterocycles. The van der Waals surface area contributed by atoms with Crippen LogP contribution >= 0.6 is 0 Å². The molecular formula is C29H25NO4. The van der Waals surface area contributed by atoms with E-state index >= 15 is 0 Å². The standard InChI is InChI=1S/C29H25NO4/c1-5-30-25-14-26-24(12-17(25)4)27(22-10-15(2)16(3)11-23(22)29(32)33)21-8-6-18-13-19(31)7-9-20(18)28(21)34-26/h6-14,30H,5H2,1-4H3,(H,32,33). The van der Waals surface area contributed by atoms with Crippen molar-refractivity contribution in [2.75, 3.05) is 11.9 Å². The molecule has 0 aliphatic rings. The second kappa shape index (κ2) is 8.03. The molecule has 0 aliphatic carbocycles. The number of rotatable bonds is 4. The van der Waals surface area contributed by atoms with Crippen LogP contribution < -0.4 is 10.7 Å². The minimum Gasteiger partial charge on any atom is -0.478 e. The second-order valence-corrected chi connectivity index (χ2v) is 8.78. The van der Waals surface area contributed by atoms with Gasteiger partial charge in [-0.2, -0.15) is 0 Å². The number of fused-ring (bicyclic) bond motifs is 4. The summed E-state index contributed by atoms with van der Waals surface area (Å²) in [4.78, 5) is 24.3. The molecule has 5 aromatic rings. The summed E-state index contributed by atoms with van der Waals surface area (Å²) in [6.45, 7) is 8.74. The van der Waals surface area contributed by atoms with E-state index in [0.717, 1.165) is 56.0 Å². The number of hydrogen-bond donors (Lipinski definition) is 2. The third-order valence-corrected chi connectivity index (χ3v) is 6.52. The molecule has 5 heteroatoms. The van der Waals surface area contributed by atoms with Crippen LogP contribution in [0.1, 0.15) is 34.0 Å². The highest BCUT2D eigenvalue weighted by molar-refractivity contribution is 6.17. The van der Waals surface area contributed by atoms with Crippen molar-refractivity contribution in [1.29, 1.82) is 0 Å². The number of aromatic carboxylic acids is 1. The highest BCUT2D eigenvalue weighted by Gasteiger charge is 2.21. The van der Waals surface area contributed by atoms with Crippen molar-refractivity contribution in [2.45, 2.75) is 27.7 Å². The summed E-state index contributed by atoms with van der Waals surface area (Å²) in [5.74, 6) is -0.974. The molecule has 2 N–H and O–H groups in total. The van der Waals surface area contributed by atoms with Crippen LogP contribution in [0.4, 0.5) is 5.69 Å². The van der Waals surface area contributed by atoms with Gasteiger partial charge in [0.25, 0.3) is 0 Å².